The van der Waals surface area contributed by atoms with Gasteiger partial charge in [0.2, 0.25) is 0 Å². The molecule has 0 unspecified atom stereocenters. The summed E-state index contributed by atoms with van der Waals surface area (Å²) in [7, 11) is 0. The number of carbonyl (C=O) groups excluding carboxylic acids is 2. The van der Waals surface area contributed by atoms with Gasteiger partial charge in [-0.2, -0.15) is 5.10 Å². The number of ketones is 1. The second-order valence-corrected chi connectivity index (χ2v) is 7.44. The third kappa shape index (κ3) is 5.60. The Morgan fingerprint density at radius 1 is 0.938 bits per heavy atom. The fourth-order valence-electron chi connectivity index (χ4n) is 3.41. The molecule has 0 atom stereocenters. The zero-order valence-electron chi connectivity index (χ0n) is 18.5. The normalized spacial score (nSPS) is 10.8. The number of unbranched alkanes of at least 4 members (excludes halogenated alkanes) is 3. The summed E-state index contributed by atoms with van der Waals surface area (Å²) in [6, 6.07) is 13.5. The predicted molar refractivity (Wildman–Crippen MR) is 122 cm³/mol. The molecule has 0 saturated carbocycles. The molecule has 7 nitrogen and oxygen atoms in total. The van der Waals surface area contributed by atoms with Crippen LogP contribution in [0.25, 0.3) is 10.8 Å². The zero-order chi connectivity index (χ0) is 22.9. The molecule has 3 aromatic rings. The molecule has 0 aliphatic rings. The number of Topliss-reactive ketones (excluding diaryl/α,β-unsaturated/α-hetero) is 1. The number of benzene rings is 2. The predicted octanol–water partition coefficient (Wildman–Crippen LogP) is 4.42. The molecule has 0 saturated heterocycles. The Morgan fingerprint density at radius 3 is 2.34 bits per heavy atom. The lowest BCUT2D eigenvalue weighted by atomic mass is 10.1. The lowest BCUT2D eigenvalue weighted by Crippen LogP contribution is -2.27. The fourth-order valence-corrected chi connectivity index (χ4v) is 3.41. The largest absolute Gasteiger partial charge is 0.494 e. The highest BCUT2D eigenvalue weighted by Gasteiger charge is 2.19. The minimum atomic E-state index is -0.734. The van der Waals surface area contributed by atoms with E-state index in [4.69, 9.17) is 9.47 Å². The van der Waals surface area contributed by atoms with Crippen LogP contribution in [0.1, 0.15) is 60.4 Å². The van der Waals surface area contributed by atoms with E-state index in [0.717, 1.165) is 25.7 Å². The second kappa shape index (κ2) is 11.2. The number of hydrogen-bond donors (Lipinski definition) is 0. The topological polar surface area (TPSA) is 87.5 Å². The summed E-state index contributed by atoms with van der Waals surface area (Å²) >= 11 is 0. The van der Waals surface area contributed by atoms with Crippen molar-refractivity contribution in [3.8, 4) is 5.75 Å². The van der Waals surface area contributed by atoms with Gasteiger partial charge in [0.1, 0.15) is 5.75 Å². The van der Waals surface area contributed by atoms with E-state index in [9.17, 15) is 14.4 Å². The van der Waals surface area contributed by atoms with E-state index in [1.807, 2.05) is 6.92 Å². The summed E-state index contributed by atoms with van der Waals surface area (Å²) in [4.78, 5) is 38.0. The van der Waals surface area contributed by atoms with Gasteiger partial charge in [-0.05, 0) is 43.7 Å². The van der Waals surface area contributed by atoms with Gasteiger partial charge in [0.15, 0.2) is 18.1 Å². The monoisotopic (exact) mass is 436 g/mol. The van der Waals surface area contributed by atoms with Crippen molar-refractivity contribution in [3.05, 3.63) is 70.1 Å². The third-order valence-corrected chi connectivity index (χ3v) is 5.11. The fraction of sp³-hybridized carbons (Fsp3) is 0.360. The van der Waals surface area contributed by atoms with Crippen molar-refractivity contribution in [1.29, 1.82) is 0 Å². The van der Waals surface area contributed by atoms with Crippen molar-refractivity contribution in [2.75, 3.05) is 13.2 Å². The lowest BCUT2D eigenvalue weighted by Gasteiger charge is -2.11. The van der Waals surface area contributed by atoms with Crippen LogP contribution in [0, 0.1) is 0 Å². The Morgan fingerprint density at radius 2 is 1.66 bits per heavy atom. The smallest absolute Gasteiger partial charge is 0.359 e. The first kappa shape index (κ1) is 23.2. The Bertz CT molecular complexity index is 1140. The van der Waals surface area contributed by atoms with E-state index < -0.39 is 12.6 Å². The van der Waals surface area contributed by atoms with E-state index in [-0.39, 0.29) is 17.0 Å². The highest BCUT2D eigenvalue weighted by Crippen LogP contribution is 2.16. The standard InChI is InChI=1S/C25H28N2O5/c1-3-5-6-9-16-27-24(29)21-11-8-7-10-20(21)23(26-27)25(30)32-17-22(28)18-12-14-19(15-13-18)31-4-2/h7-8,10-15H,3-6,9,16-17H2,1-2H3. The summed E-state index contributed by atoms with van der Waals surface area (Å²) in [6.07, 6.45) is 3.93. The number of esters is 1. The van der Waals surface area contributed by atoms with Gasteiger partial charge in [0.05, 0.1) is 12.0 Å². The van der Waals surface area contributed by atoms with Gasteiger partial charge >= 0.3 is 5.97 Å². The number of fused-ring (bicyclic) bond motifs is 1. The molecule has 0 aliphatic heterocycles. The number of aromatic nitrogens is 2. The Kier molecular flexibility index (Phi) is 8.14. The van der Waals surface area contributed by atoms with E-state index in [2.05, 4.69) is 12.0 Å². The van der Waals surface area contributed by atoms with Crippen LogP contribution in [0.3, 0.4) is 0 Å². The van der Waals surface area contributed by atoms with Crippen LogP contribution in [0.5, 0.6) is 5.75 Å². The van der Waals surface area contributed by atoms with Crippen molar-refractivity contribution in [2.24, 2.45) is 0 Å². The Labute approximate surface area is 187 Å². The molecule has 3 rings (SSSR count). The highest BCUT2D eigenvalue weighted by atomic mass is 16.5. The van der Waals surface area contributed by atoms with Crippen molar-refractivity contribution in [1.82, 2.24) is 9.78 Å². The maximum atomic E-state index is 12.8. The third-order valence-electron chi connectivity index (χ3n) is 5.11. The molecule has 0 radical (unpaired) electrons. The highest BCUT2D eigenvalue weighted by molar-refractivity contribution is 6.04. The molecule has 0 spiro atoms. The molecule has 0 fully saturated rings. The molecule has 1 heterocycles. The second-order valence-electron chi connectivity index (χ2n) is 7.44. The van der Waals surface area contributed by atoms with Crippen LogP contribution in [-0.4, -0.2) is 34.7 Å². The summed E-state index contributed by atoms with van der Waals surface area (Å²) < 4.78 is 12.0. The molecule has 0 bridgehead atoms. The van der Waals surface area contributed by atoms with Crippen LogP contribution in [-0.2, 0) is 11.3 Å². The first-order valence-electron chi connectivity index (χ1n) is 11.0. The van der Waals surface area contributed by atoms with E-state index in [0.29, 0.717) is 35.2 Å². The van der Waals surface area contributed by atoms with Gasteiger partial charge in [-0.25, -0.2) is 9.48 Å². The SMILES string of the molecule is CCCCCCn1nc(C(=O)OCC(=O)c2ccc(OCC)cc2)c2ccccc2c1=O. The van der Waals surface area contributed by atoms with Crippen molar-refractivity contribution >= 4 is 22.5 Å². The summed E-state index contributed by atoms with van der Waals surface area (Å²) in [5.41, 5.74) is 0.217. The average molecular weight is 437 g/mol. The van der Waals surface area contributed by atoms with Gasteiger partial charge in [0.25, 0.3) is 5.56 Å². The zero-order valence-corrected chi connectivity index (χ0v) is 18.5. The number of nitrogens with zero attached hydrogens (tertiary/aromatic N) is 2. The van der Waals surface area contributed by atoms with Gasteiger partial charge < -0.3 is 9.47 Å². The number of rotatable bonds is 11. The quantitative estimate of drug-likeness (QED) is 0.251. The first-order valence-corrected chi connectivity index (χ1v) is 11.0. The van der Waals surface area contributed by atoms with Gasteiger partial charge in [-0.1, -0.05) is 44.4 Å². The Balaban J connectivity index is 1.76. The molecule has 32 heavy (non-hydrogen) atoms. The van der Waals surface area contributed by atoms with Crippen molar-refractivity contribution < 1.29 is 19.1 Å². The van der Waals surface area contributed by atoms with Crippen LogP contribution >= 0.6 is 0 Å². The summed E-state index contributed by atoms with van der Waals surface area (Å²) in [6.45, 7) is 4.54. The van der Waals surface area contributed by atoms with Crippen molar-refractivity contribution in [3.63, 3.8) is 0 Å². The van der Waals surface area contributed by atoms with Crippen LogP contribution in [0.2, 0.25) is 0 Å². The van der Waals surface area contributed by atoms with Crippen LogP contribution < -0.4 is 10.3 Å². The maximum absolute atomic E-state index is 12.8. The summed E-state index contributed by atoms with van der Waals surface area (Å²) in [5, 5.41) is 5.11. The lowest BCUT2D eigenvalue weighted by molar-refractivity contribution is 0.0468. The molecule has 168 valence electrons. The van der Waals surface area contributed by atoms with E-state index >= 15 is 0 Å². The molecule has 2 aromatic carbocycles. The van der Waals surface area contributed by atoms with Crippen molar-refractivity contribution in [2.45, 2.75) is 46.1 Å². The van der Waals surface area contributed by atoms with Gasteiger partial charge in [-0.15, -0.1) is 0 Å². The van der Waals surface area contributed by atoms with E-state index in [1.165, 1.54) is 4.68 Å². The number of hydrogen-bond acceptors (Lipinski definition) is 6. The molecule has 0 amide bonds. The minimum absolute atomic E-state index is 0.0372. The first-order chi connectivity index (χ1) is 15.5. The molecular weight excluding hydrogens is 408 g/mol. The van der Waals surface area contributed by atoms with Crippen LogP contribution in [0.4, 0.5) is 0 Å². The van der Waals surface area contributed by atoms with Gasteiger partial charge in [-0.3, -0.25) is 9.59 Å². The van der Waals surface area contributed by atoms with Gasteiger partial charge in [0, 0.05) is 17.5 Å². The average Bonchev–Trinajstić information content (AvgIpc) is 2.82. The number of carbonyl (C=O) groups is 2. The number of aryl methyl sites for hydroxylation is 1. The maximum Gasteiger partial charge on any atom is 0.359 e. The minimum Gasteiger partial charge on any atom is -0.494 e. The molecule has 1 aromatic heterocycles. The molecular formula is C25H28N2O5. The molecule has 7 heteroatoms. The molecule has 0 N–H and O–H groups in total. The van der Waals surface area contributed by atoms with Crippen LogP contribution in [0.15, 0.2) is 53.3 Å². The summed E-state index contributed by atoms with van der Waals surface area (Å²) in [5.74, 6) is -0.403. The Hall–Kier alpha value is -3.48. The van der Waals surface area contributed by atoms with E-state index in [1.54, 1.807) is 48.5 Å². The molecule has 0 aliphatic carbocycles. The number of ether oxygens (including phenoxy) is 2.